The number of aromatic hydroxyl groups is 1. The maximum Gasteiger partial charge on any atom is 0.271 e. The summed E-state index contributed by atoms with van der Waals surface area (Å²) < 4.78 is 1.26. The molecule has 162 valence electrons. The summed E-state index contributed by atoms with van der Waals surface area (Å²) in [6.45, 7) is 4.06. The lowest BCUT2D eigenvalue weighted by Gasteiger charge is -2.13. The number of nitriles is 1. The molecule has 0 aliphatic rings. The number of aromatic nitrogens is 1. The van der Waals surface area contributed by atoms with Crippen LogP contribution in [0.3, 0.4) is 0 Å². The number of aliphatic imine (C=N–C) groups is 1. The van der Waals surface area contributed by atoms with Gasteiger partial charge in [-0.15, -0.1) is 0 Å². The fourth-order valence-corrected chi connectivity index (χ4v) is 3.21. The molecule has 1 aromatic heterocycles. The minimum absolute atomic E-state index is 0.0254. The SMILES string of the molecule is CCCCCn1c(O)c(C=Nc2ccc(N=Nc3ccccc3)cc2)c(C)c(C#N)c1=O. The Hall–Kier alpha value is -4.05. The second kappa shape index (κ2) is 10.8. The molecule has 0 radical (unpaired) electrons. The highest BCUT2D eigenvalue weighted by Crippen LogP contribution is 2.24. The van der Waals surface area contributed by atoms with Crippen molar-refractivity contribution >= 4 is 23.3 Å². The van der Waals surface area contributed by atoms with Crippen molar-refractivity contribution in [1.82, 2.24) is 4.57 Å². The molecule has 0 aliphatic heterocycles. The first-order chi connectivity index (χ1) is 15.5. The molecule has 1 heterocycles. The Kier molecular flexibility index (Phi) is 7.65. The van der Waals surface area contributed by atoms with Crippen molar-refractivity contribution in [2.75, 3.05) is 0 Å². The Morgan fingerprint density at radius 3 is 2.25 bits per heavy atom. The lowest BCUT2D eigenvalue weighted by molar-refractivity contribution is 0.398. The van der Waals surface area contributed by atoms with Crippen molar-refractivity contribution < 1.29 is 5.11 Å². The molecular weight excluding hydrogens is 402 g/mol. The number of pyridine rings is 1. The second-order valence-corrected chi connectivity index (χ2v) is 7.32. The van der Waals surface area contributed by atoms with Crippen LogP contribution in [0.25, 0.3) is 0 Å². The third-order valence-corrected chi connectivity index (χ3v) is 5.06. The van der Waals surface area contributed by atoms with Crippen molar-refractivity contribution in [3.63, 3.8) is 0 Å². The van der Waals surface area contributed by atoms with Gasteiger partial charge in [0.05, 0.1) is 22.6 Å². The molecule has 0 saturated carbocycles. The van der Waals surface area contributed by atoms with Crippen LogP contribution in [0, 0.1) is 18.3 Å². The molecule has 7 nitrogen and oxygen atoms in total. The summed E-state index contributed by atoms with van der Waals surface area (Å²) in [5, 5.41) is 28.5. The van der Waals surface area contributed by atoms with Gasteiger partial charge < -0.3 is 5.11 Å². The molecule has 1 N–H and O–H groups in total. The fourth-order valence-electron chi connectivity index (χ4n) is 3.21. The van der Waals surface area contributed by atoms with Crippen LogP contribution in [0.15, 0.2) is 74.6 Å². The van der Waals surface area contributed by atoms with E-state index in [1.54, 1.807) is 31.2 Å². The number of hydrogen-bond acceptors (Lipinski definition) is 6. The van der Waals surface area contributed by atoms with E-state index in [9.17, 15) is 15.2 Å². The van der Waals surface area contributed by atoms with Crippen LogP contribution >= 0.6 is 0 Å². The summed E-state index contributed by atoms with van der Waals surface area (Å²) in [4.78, 5) is 17.0. The zero-order valence-electron chi connectivity index (χ0n) is 18.2. The Labute approximate surface area is 187 Å². The number of rotatable bonds is 8. The highest BCUT2D eigenvalue weighted by Gasteiger charge is 2.17. The molecule has 3 rings (SSSR count). The minimum Gasteiger partial charge on any atom is -0.494 e. The first kappa shape index (κ1) is 22.6. The first-order valence-electron chi connectivity index (χ1n) is 10.5. The first-order valence-corrected chi connectivity index (χ1v) is 10.5. The van der Waals surface area contributed by atoms with Crippen molar-refractivity contribution in [2.45, 2.75) is 39.7 Å². The Morgan fingerprint density at radius 2 is 1.62 bits per heavy atom. The second-order valence-electron chi connectivity index (χ2n) is 7.32. The molecule has 0 amide bonds. The molecule has 0 bridgehead atoms. The maximum absolute atomic E-state index is 12.6. The molecule has 0 fully saturated rings. The van der Waals surface area contributed by atoms with Crippen LogP contribution < -0.4 is 5.56 Å². The summed E-state index contributed by atoms with van der Waals surface area (Å²) in [5.74, 6) is -0.167. The predicted molar refractivity (Wildman–Crippen MR) is 126 cm³/mol. The van der Waals surface area contributed by atoms with Gasteiger partial charge in [0.1, 0.15) is 11.6 Å². The molecule has 32 heavy (non-hydrogen) atoms. The number of unbranched alkanes of at least 4 members (excludes halogenated alkanes) is 2. The number of hydrogen-bond donors (Lipinski definition) is 1. The van der Waals surface area contributed by atoms with Crippen molar-refractivity contribution in [1.29, 1.82) is 5.26 Å². The van der Waals surface area contributed by atoms with E-state index in [0.717, 1.165) is 24.9 Å². The molecule has 3 aromatic rings. The van der Waals surface area contributed by atoms with E-state index in [4.69, 9.17) is 0 Å². The standard InChI is InChI=1S/C25H25N5O2/c1-3-4-8-15-30-24(31)22(16-26)18(2)23(25(30)32)17-27-19-11-13-21(14-12-19)29-28-20-9-6-5-7-10-20/h5-7,9-14,17,32H,3-4,8,15H2,1-2H3. The van der Waals surface area contributed by atoms with Gasteiger partial charge in [-0.1, -0.05) is 38.0 Å². The van der Waals surface area contributed by atoms with Crippen LogP contribution in [0.5, 0.6) is 5.88 Å². The van der Waals surface area contributed by atoms with Gasteiger partial charge in [0.15, 0.2) is 0 Å². The van der Waals surface area contributed by atoms with Gasteiger partial charge in [-0.2, -0.15) is 15.5 Å². The molecule has 0 unspecified atom stereocenters. The fraction of sp³-hybridized carbons (Fsp3) is 0.240. The predicted octanol–water partition coefficient (Wildman–Crippen LogP) is 6.09. The van der Waals surface area contributed by atoms with Gasteiger partial charge >= 0.3 is 0 Å². The van der Waals surface area contributed by atoms with E-state index in [1.165, 1.54) is 10.8 Å². The minimum atomic E-state index is -0.469. The summed E-state index contributed by atoms with van der Waals surface area (Å²) in [7, 11) is 0. The van der Waals surface area contributed by atoms with E-state index in [0.29, 0.717) is 29.0 Å². The quantitative estimate of drug-likeness (QED) is 0.267. The van der Waals surface area contributed by atoms with Gasteiger partial charge in [0.25, 0.3) is 5.56 Å². The van der Waals surface area contributed by atoms with Gasteiger partial charge in [-0.3, -0.25) is 14.4 Å². The molecule has 0 aliphatic carbocycles. The Balaban J connectivity index is 1.85. The summed E-state index contributed by atoms with van der Waals surface area (Å²) in [6.07, 6.45) is 4.15. The van der Waals surface area contributed by atoms with Crippen LogP contribution in [0.2, 0.25) is 0 Å². The normalized spacial score (nSPS) is 11.3. The van der Waals surface area contributed by atoms with E-state index in [-0.39, 0.29) is 11.4 Å². The topological polar surface area (TPSA) is 103 Å². The molecule has 7 heteroatoms. The Bertz CT molecular complexity index is 1220. The van der Waals surface area contributed by atoms with Crippen LogP contribution in [0.4, 0.5) is 17.1 Å². The summed E-state index contributed by atoms with van der Waals surface area (Å²) in [6, 6.07) is 18.6. The van der Waals surface area contributed by atoms with E-state index in [2.05, 4.69) is 22.1 Å². The van der Waals surface area contributed by atoms with E-state index in [1.807, 2.05) is 36.4 Å². The van der Waals surface area contributed by atoms with E-state index >= 15 is 0 Å². The smallest absolute Gasteiger partial charge is 0.271 e. The monoisotopic (exact) mass is 427 g/mol. The van der Waals surface area contributed by atoms with Crippen LogP contribution in [0.1, 0.15) is 42.9 Å². The van der Waals surface area contributed by atoms with Crippen molar-refractivity contribution in [3.05, 3.63) is 81.6 Å². The average molecular weight is 428 g/mol. The van der Waals surface area contributed by atoms with Gasteiger partial charge in [0, 0.05) is 12.8 Å². The maximum atomic E-state index is 12.6. The van der Waals surface area contributed by atoms with Gasteiger partial charge in [-0.05, 0) is 55.3 Å². The zero-order valence-corrected chi connectivity index (χ0v) is 18.2. The van der Waals surface area contributed by atoms with Crippen LogP contribution in [-0.4, -0.2) is 15.9 Å². The lowest BCUT2D eigenvalue weighted by atomic mass is 10.1. The average Bonchev–Trinajstić information content (AvgIpc) is 2.81. The molecular formula is C25H25N5O2. The van der Waals surface area contributed by atoms with Gasteiger partial charge in [0.2, 0.25) is 5.88 Å². The third kappa shape index (κ3) is 5.35. The Morgan fingerprint density at radius 1 is 1.00 bits per heavy atom. The molecule has 0 atom stereocenters. The van der Waals surface area contributed by atoms with Gasteiger partial charge in [-0.25, -0.2) is 0 Å². The summed E-state index contributed by atoms with van der Waals surface area (Å²) in [5.41, 5.74) is 2.43. The van der Waals surface area contributed by atoms with Crippen LogP contribution in [-0.2, 0) is 6.54 Å². The van der Waals surface area contributed by atoms with Crippen molar-refractivity contribution in [2.24, 2.45) is 15.2 Å². The highest BCUT2D eigenvalue weighted by atomic mass is 16.3. The summed E-state index contributed by atoms with van der Waals surface area (Å²) >= 11 is 0. The number of nitrogens with zero attached hydrogens (tertiary/aromatic N) is 5. The number of benzene rings is 2. The third-order valence-electron chi connectivity index (χ3n) is 5.06. The lowest BCUT2D eigenvalue weighted by Crippen LogP contribution is -2.25. The number of azo groups is 1. The molecule has 0 saturated heterocycles. The zero-order chi connectivity index (χ0) is 22.9. The van der Waals surface area contributed by atoms with E-state index < -0.39 is 5.56 Å². The van der Waals surface area contributed by atoms with Crippen molar-refractivity contribution in [3.8, 4) is 11.9 Å². The highest BCUT2D eigenvalue weighted by molar-refractivity contribution is 5.87. The largest absolute Gasteiger partial charge is 0.494 e. The molecule has 0 spiro atoms. The molecule has 2 aromatic carbocycles.